The first-order chi connectivity index (χ1) is 10.7. The van der Waals surface area contributed by atoms with Crippen molar-refractivity contribution < 1.29 is 5.11 Å². The van der Waals surface area contributed by atoms with Crippen LogP contribution in [0.25, 0.3) is 0 Å². The van der Waals surface area contributed by atoms with Crippen LogP contribution in [0.1, 0.15) is 36.8 Å². The van der Waals surface area contributed by atoms with Gasteiger partial charge in [-0.15, -0.1) is 0 Å². The molecule has 0 unspecified atom stereocenters. The fraction of sp³-hybridized carbons (Fsp3) is 0.421. The highest BCUT2D eigenvalue weighted by Crippen LogP contribution is 2.31. The Kier molecular flexibility index (Phi) is 4.86. The van der Waals surface area contributed by atoms with Crippen LogP contribution in [0.2, 0.25) is 0 Å². The van der Waals surface area contributed by atoms with Gasteiger partial charge in [-0.1, -0.05) is 49.2 Å². The summed E-state index contributed by atoms with van der Waals surface area (Å²) in [5.74, 6) is 0. The quantitative estimate of drug-likeness (QED) is 0.887. The second-order valence-corrected chi connectivity index (χ2v) is 6.42. The SMILES string of the molecule is OC1(CN(Cc2ccccc2)Cc2cccnc2)CCCC1. The maximum absolute atomic E-state index is 10.8. The van der Waals surface area contributed by atoms with Crippen LogP contribution in [0.4, 0.5) is 0 Å². The van der Waals surface area contributed by atoms with Gasteiger partial charge in [-0.05, 0) is 30.0 Å². The van der Waals surface area contributed by atoms with Gasteiger partial charge >= 0.3 is 0 Å². The minimum Gasteiger partial charge on any atom is -0.389 e. The lowest BCUT2D eigenvalue weighted by atomic mass is 10.0. The van der Waals surface area contributed by atoms with E-state index >= 15 is 0 Å². The van der Waals surface area contributed by atoms with E-state index in [2.05, 4.69) is 40.2 Å². The smallest absolute Gasteiger partial charge is 0.0774 e. The summed E-state index contributed by atoms with van der Waals surface area (Å²) >= 11 is 0. The van der Waals surface area contributed by atoms with Gasteiger partial charge in [0.1, 0.15) is 0 Å². The number of hydrogen-bond donors (Lipinski definition) is 1. The first-order valence-electron chi connectivity index (χ1n) is 8.11. The van der Waals surface area contributed by atoms with E-state index in [1.165, 1.54) is 11.1 Å². The van der Waals surface area contributed by atoms with Crippen LogP contribution in [0.15, 0.2) is 54.9 Å². The van der Waals surface area contributed by atoms with Crippen LogP contribution in [-0.4, -0.2) is 27.1 Å². The van der Waals surface area contributed by atoms with Crippen molar-refractivity contribution in [2.24, 2.45) is 0 Å². The van der Waals surface area contributed by atoms with Crippen molar-refractivity contribution in [2.45, 2.75) is 44.4 Å². The largest absolute Gasteiger partial charge is 0.389 e. The van der Waals surface area contributed by atoms with E-state index in [1.807, 2.05) is 18.3 Å². The molecular formula is C19H24N2O. The average Bonchev–Trinajstić information content (AvgIpc) is 2.95. The number of hydrogen-bond acceptors (Lipinski definition) is 3. The Morgan fingerprint density at radius 2 is 1.64 bits per heavy atom. The molecule has 3 nitrogen and oxygen atoms in total. The third-order valence-electron chi connectivity index (χ3n) is 4.43. The fourth-order valence-electron chi connectivity index (χ4n) is 3.37. The predicted molar refractivity (Wildman–Crippen MR) is 88.2 cm³/mol. The van der Waals surface area contributed by atoms with Crippen LogP contribution in [0.3, 0.4) is 0 Å². The van der Waals surface area contributed by atoms with E-state index in [-0.39, 0.29) is 0 Å². The minimum absolute atomic E-state index is 0.517. The van der Waals surface area contributed by atoms with Gasteiger partial charge in [-0.2, -0.15) is 0 Å². The Labute approximate surface area is 132 Å². The molecular weight excluding hydrogens is 272 g/mol. The van der Waals surface area contributed by atoms with Gasteiger partial charge in [-0.25, -0.2) is 0 Å². The van der Waals surface area contributed by atoms with Crippen molar-refractivity contribution >= 4 is 0 Å². The van der Waals surface area contributed by atoms with Crippen LogP contribution >= 0.6 is 0 Å². The normalized spacial score (nSPS) is 17.0. The van der Waals surface area contributed by atoms with Crippen molar-refractivity contribution in [2.75, 3.05) is 6.54 Å². The zero-order chi connectivity index (χ0) is 15.3. The van der Waals surface area contributed by atoms with Crippen LogP contribution in [-0.2, 0) is 13.1 Å². The molecule has 0 bridgehead atoms. The van der Waals surface area contributed by atoms with Crippen molar-refractivity contribution in [1.82, 2.24) is 9.88 Å². The Hall–Kier alpha value is -1.71. The molecule has 1 aromatic heterocycles. The van der Waals surface area contributed by atoms with Gasteiger partial charge in [0.25, 0.3) is 0 Å². The first-order valence-corrected chi connectivity index (χ1v) is 8.11. The summed E-state index contributed by atoms with van der Waals surface area (Å²) in [5, 5.41) is 10.8. The summed E-state index contributed by atoms with van der Waals surface area (Å²) in [6, 6.07) is 14.6. The summed E-state index contributed by atoms with van der Waals surface area (Å²) in [6.45, 7) is 2.42. The van der Waals surface area contributed by atoms with Gasteiger partial charge < -0.3 is 5.11 Å². The molecule has 2 aromatic rings. The molecule has 22 heavy (non-hydrogen) atoms. The third kappa shape index (κ3) is 4.15. The third-order valence-corrected chi connectivity index (χ3v) is 4.43. The van der Waals surface area contributed by atoms with Gasteiger partial charge in [0.2, 0.25) is 0 Å². The Morgan fingerprint density at radius 1 is 0.955 bits per heavy atom. The Morgan fingerprint density at radius 3 is 2.32 bits per heavy atom. The van der Waals surface area contributed by atoms with E-state index in [0.717, 1.165) is 45.3 Å². The molecule has 1 N–H and O–H groups in total. The van der Waals surface area contributed by atoms with E-state index in [4.69, 9.17) is 0 Å². The number of rotatable bonds is 6. The standard InChI is InChI=1S/C19H24N2O/c22-19(10-4-5-11-19)16-21(14-17-7-2-1-3-8-17)15-18-9-6-12-20-13-18/h1-3,6-9,12-13,22H,4-5,10-11,14-16H2. The number of aliphatic hydroxyl groups is 1. The maximum atomic E-state index is 10.8. The molecule has 1 aromatic carbocycles. The van der Waals surface area contributed by atoms with Gasteiger partial charge in [0.05, 0.1) is 5.60 Å². The number of benzene rings is 1. The second-order valence-electron chi connectivity index (χ2n) is 6.42. The van der Waals surface area contributed by atoms with Crippen molar-refractivity contribution in [1.29, 1.82) is 0 Å². The summed E-state index contributed by atoms with van der Waals surface area (Å²) in [4.78, 5) is 6.55. The van der Waals surface area contributed by atoms with Crippen molar-refractivity contribution in [3.63, 3.8) is 0 Å². The molecule has 3 rings (SSSR count). The average molecular weight is 296 g/mol. The highest BCUT2D eigenvalue weighted by molar-refractivity contribution is 5.15. The van der Waals surface area contributed by atoms with Gasteiger partial charge in [0.15, 0.2) is 0 Å². The number of pyridine rings is 1. The zero-order valence-corrected chi connectivity index (χ0v) is 13.0. The lowest BCUT2D eigenvalue weighted by molar-refractivity contribution is 0.00450. The fourth-order valence-corrected chi connectivity index (χ4v) is 3.37. The van der Waals surface area contributed by atoms with E-state index in [9.17, 15) is 5.11 Å². The molecule has 0 atom stereocenters. The highest BCUT2D eigenvalue weighted by atomic mass is 16.3. The molecule has 1 saturated carbocycles. The zero-order valence-electron chi connectivity index (χ0n) is 13.0. The lowest BCUT2D eigenvalue weighted by Gasteiger charge is -2.31. The number of nitrogens with zero attached hydrogens (tertiary/aromatic N) is 2. The lowest BCUT2D eigenvalue weighted by Crippen LogP contribution is -2.40. The molecule has 1 fully saturated rings. The molecule has 1 aliphatic carbocycles. The molecule has 3 heteroatoms. The van der Waals surface area contributed by atoms with Gasteiger partial charge in [0, 0.05) is 32.0 Å². The Bertz CT molecular complexity index is 523. The van der Waals surface area contributed by atoms with E-state index < -0.39 is 5.60 Å². The molecule has 0 radical (unpaired) electrons. The Balaban J connectivity index is 1.72. The summed E-state index contributed by atoms with van der Waals surface area (Å²) in [6.07, 6.45) is 7.84. The second kappa shape index (κ2) is 7.03. The monoisotopic (exact) mass is 296 g/mol. The number of aromatic nitrogens is 1. The van der Waals surface area contributed by atoms with E-state index in [0.29, 0.717) is 0 Å². The predicted octanol–water partition coefficient (Wildman–Crippen LogP) is 3.39. The highest BCUT2D eigenvalue weighted by Gasteiger charge is 2.33. The van der Waals surface area contributed by atoms with Crippen molar-refractivity contribution in [3.8, 4) is 0 Å². The van der Waals surface area contributed by atoms with E-state index in [1.54, 1.807) is 6.20 Å². The molecule has 0 saturated heterocycles. The van der Waals surface area contributed by atoms with Crippen LogP contribution in [0.5, 0.6) is 0 Å². The summed E-state index contributed by atoms with van der Waals surface area (Å²) in [7, 11) is 0. The first kappa shape index (κ1) is 15.2. The molecule has 1 heterocycles. The molecule has 0 amide bonds. The van der Waals surface area contributed by atoms with Crippen LogP contribution < -0.4 is 0 Å². The summed E-state index contributed by atoms with van der Waals surface area (Å²) < 4.78 is 0. The van der Waals surface area contributed by atoms with Crippen molar-refractivity contribution in [3.05, 3.63) is 66.0 Å². The molecule has 0 spiro atoms. The molecule has 0 aliphatic heterocycles. The topological polar surface area (TPSA) is 36.4 Å². The molecule has 1 aliphatic rings. The maximum Gasteiger partial charge on any atom is 0.0774 e. The van der Waals surface area contributed by atoms with Gasteiger partial charge in [-0.3, -0.25) is 9.88 Å². The van der Waals surface area contributed by atoms with Crippen LogP contribution in [0, 0.1) is 0 Å². The summed E-state index contributed by atoms with van der Waals surface area (Å²) in [5.41, 5.74) is 1.96. The minimum atomic E-state index is -0.517. The molecule has 116 valence electrons.